The maximum Gasteiger partial charge on any atom is 0.258 e. The molecule has 2 N–H and O–H groups in total. The molecule has 0 unspecified atom stereocenters. The van der Waals surface area contributed by atoms with E-state index in [1.807, 2.05) is 13.0 Å². The third kappa shape index (κ3) is 3.48. The maximum absolute atomic E-state index is 14.4. The number of rotatable bonds is 7. The molecule has 1 saturated carbocycles. The number of aliphatic hydroxyl groups is 1. The fraction of sp³-hybridized carbons (Fsp3) is 0.520. The summed E-state index contributed by atoms with van der Waals surface area (Å²) in [5.41, 5.74) is 1.30. The number of aliphatic hydroxyl groups excluding tert-OH is 1. The smallest absolute Gasteiger partial charge is 0.258 e. The number of hydrogen-bond donors (Lipinski definition) is 2. The predicted molar refractivity (Wildman–Crippen MR) is 119 cm³/mol. The molecule has 32 heavy (non-hydrogen) atoms. The Hall–Kier alpha value is -2.51. The Bertz CT molecular complexity index is 1080. The van der Waals surface area contributed by atoms with E-state index in [2.05, 4.69) is 10.2 Å². The highest BCUT2D eigenvalue weighted by Crippen LogP contribution is 2.50. The zero-order valence-electron chi connectivity index (χ0n) is 18.3. The lowest BCUT2D eigenvalue weighted by atomic mass is 9.88. The third-order valence-corrected chi connectivity index (χ3v) is 7.34. The van der Waals surface area contributed by atoms with Crippen molar-refractivity contribution in [1.29, 1.82) is 0 Å². The van der Waals surface area contributed by atoms with Gasteiger partial charge in [-0.05, 0) is 43.4 Å². The largest absolute Gasteiger partial charge is 0.396 e. The molecule has 1 aromatic carbocycles. The number of aromatic nitrogens is 1. The quantitative estimate of drug-likeness (QED) is 0.696. The van der Waals surface area contributed by atoms with Crippen LogP contribution in [0.25, 0.3) is 11.1 Å². The fourth-order valence-electron chi connectivity index (χ4n) is 5.65. The SMILES string of the molecule is CCCNC(=O)[C@@H]1[C@@H](CO)[C@@H]2Cn3c(ccc(-c4ccccc4F)c3=O)[C@@H]2N1CC1CC1. The van der Waals surface area contributed by atoms with E-state index in [-0.39, 0.29) is 36.0 Å². The molecule has 2 fully saturated rings. The van der Waals surface area contributed by atoms with E-state index in [0.717, 1.165) is 31.5 Å². The number of nitrogens with zero attached hydrogens (tertiary/aromatic N) is 2. The lowest BCUT2D eigenvalue weighted by molar-refractivity contribution is -0.127. The van der Waals surface area contributed by atoms with Crippen molar-refractivity contribution in [3.63, 3.8) is 0 Å². The Balaban J connectivity index is 1.55. The molecule has 5 rings (SSSR count). The van der Waals surface area contributed by atoms with Gasteiger partial charge in [0.15, 0.2) is 0 Å². The van der Waals surface area contributed by atoms with E-state index >= 15 is 0 Å². The summed E-state index contributed by atoms with van der Waals surface area (Å²) in [5, 5.41) is 13.3. The second kappa shape index (κ2) is 8.45. The highest BCUT2D eigenvalue weighted by molar-refractivity contribution is 5.82. The first-order valence-electron chi connectivity index (χ1n) is 11.7. The number of carbonyl (C=O) groups is 1. The van der Waals surface area contributed by atoms with Gasteiger partial charge in [-0.1, -0.05) is 25.1 Å². The Morgan fingerprint density at radius 2 is 1.97 bits per heavy atom. The minimum Gasteiger partial charge on any atom is -0.396 e. The first kappa shape index (κ1) is 21.3. The fourth-order valence-corrected chi connectivity index (χ4v) is 5.65. The van der Waals surface area contributed by atoms with E-state index in [0.29, 0.717) is 30.1 Å². The van der Waals surface area contributed by atoms with Crippen LogP contribution in [0.4, 0.5) is 4.39 Å². The van der Waals surface area contributed by atoms with Crippen LogP contribution in [0.3, 0.4) is 0 Å². The number of halogens is 1. The normalized spacial score (nSPS) is 26.7. The van der Waals surface area contributed by atoms with Crippen LogP contribution in [0.15, 0.2) is 41.2 Å². The summed E-state index contributed by atoms with van der Waals surface area (Å²) in [6, 6.07) is 9.46. The molecule has 170 valence electrons. The van der Waals surface area contributed by atoms with Gasteiger partial charge in [0, 0.05) is 49.3 Å². The number of hydrogen-bond acceptors (Lipinski definition) is 4. The molecule has 1 amide bonds. The molecule has 0 radical (unpaired) electrons. The summed E-state index contributed by atoms with van der Waals surface area (Å²) in [4.78, 5) is 28.7. The van der Waals surface area contributed by atoms with Gasteiger partial charge in [-0.15, -0.1) is 0 Å². The number of pyridine rings is 1. The number of fused-ring (bicyclic) bond motifs is 3. The van der Waals surface area contributed by atoms with Gasteiger partial charge in [-0.2, -0.15) is 0 Å². The second-order valence-electron chi connectivity index (χ2n) is 9.40. The monoisotopic (exact) mass is 439 g/mol. The molecule has 6 nitrogen and oxygen atoms in total. The van der Waals surface area contributed by atoms with Gasteiger partial charge in [0.25, 0.3) is 5.56 Å². The standard InChI is InChI=1S/C25H30FN3O3/c1-2-11-27-24(31)23-19(14-30)18-13-28-21(22(18)29(23)12-15-7-8-15)10-9-17(25(28)32)16-5-3-4-6-20(16)26/h3-6,9-10,15,18-19,22-23,30H,2,7-8,11-14H2,1H3,(H,27,31)/t18-,19-,22+,23-/m0/s1. The Morgan fingerprint density at radius 3 is 2.66 bits per heavy atom. The molecule has 7 heteroatoms. The van der Waals surface area contributed by atoms with Gasteiger partial charge >= 0.3 is 0 Å². The Kier molecular flexibility index (Phi) is 5.63. The van der Waals surface area contributed by atoms with Crippen molar-refractivity contribution in [2.75, 3.05) is 19.7 Å². The topological polar surface area (TPSA) is 74.6 Å². The van der Waals surface area contributed by atoms with Gasteiger partial charge in [0.2, 0.25) is 5.91 Å². The van der Waals surface area contributed by atoms with Gasteiger partial charge in [-0.25, -0.2) is 4.39 Å². The summed E-state index contributed by atoms with van der Waals surface area (Å²) < 4.78 is 16.1. The van der Waals surface area contributed by atoms with Crippen LogP contribution in [-0.2, 0) is 11.3 Å². The minimum atomic E-state index is -0.417. The van der Waals surface area contributed by atoms with Crippen molar-refractivity contribution in [2.24, 2.45) is 17.8 Å². The zero-order chi connectivity index (χ0) is 22.4. The number of nitrogens with one attached hydrogen (secondary N) is 1. The summed E-state index contributed by atoms with van der Waals surface area (Å²) in [5.74, 6) is -0.156. The van der Waals surface area contributed by atoms with E-state index in [4.69, 9.17) is 0 Å². The Morgan fingerprint density at radius 1 is 1.19 bits per heavy atom. The van der Waals surface area contributed by atoms with Crippen LogP contribution in [0.2, 0.25) is 0 Å². The second-order valence-corrected chi connectivity index (χ2v) is 9.40. The minimum absolute atomic E-state index is 0.0281. The molecule has 1 saturated heterocycles. The number of benzene rings is 1. The average molecular weight is 440 g/mol. The van der Waals surface area contributed by atoms with Crippen LogP contribution in [0, 0.1) is 23.6 Å². The molecular formula is C25H30FN3O3. The van der Waals surface area contributed by atoms with Crippen LogP contribution >= 0.6 is 0 Å². The van der Waals surface area contributed by atoms with Crippen molar-refractivity contribution in [2.45, 2.75) is 44.8 Å². The third-order valence-electron chi connectivity index (χ3n) is 7.34. The summed E-state index contributed by atoms with van der Waals surface area (Å²) in [6.45, 7) is 3.76. The van der Waals surface area contributed by atoms with Crippen LogP contribution in [0.1, 0.15) is 37.9 Å². The van der Waals surface area contributed by atoms with Crippen molar-refractivity contribution >= 4 is 5.91 Å². The van der Waals surface area contributed by atoms with Gasteiger partial charge in [0.05, 0.1) is 17.6 Å². The van der Waals surface area contributed by atoms with Gasteiger partial charge < -0.3 is 15.0 Å². The molecular weight excluding hydrogens is 409 g/mol. The molecule has 3 aliphatic rings. The first-order chi connectivity index (χ1) is 15.5. The number of amides is 1. The van der Waals surface area contributed by atoms with E-state index in [1.165, 1.54) is 6.07 Å². The molecule has 4 atom stereocenters. The van der Waals surface area contributed by atoms with Crippen molar-refractivity contribution in [1.82, 2.24) is 14.8 Å². The molecule has 0 spiro atoms. The summed E-state index contributed by atoms with van der Waals surface area (Å²) in [6.07, 6.45) is 3.16. The molecule has 3 heterocycles. The molecule has 2 aliphatic heterocycles. The lowest BCUT2D eigenvalue weighted by Crippen LogP contribution is -2.49. The zero-order valence-corrected chi connectivity index (χ0v) is 18.3. The van der Waals surface area contributed by atoms with E-state index in [1.54, 1.807) is 28.8 Å². The van der Waals surface area contributed by atoms with Crippen LogP contribution in [-0.4, -0.2) is 46.2 Å². The molecule has 2 aromatic rings. The van der Waals surface area contributed by atoms with Crippen molar-refractivity contribution in [3.8, 4) is 11.1 Å². The predicted octanol–water partition coefficient (Wildman–Crippen LogP) is 2.55. The van der Waals surface area contributed by atoms with Crippen molar-refractivity contribution in [3.05, 3.63) is 58.3 Å². The highest BCUT2D eigenvalue weighted by Gasteiger charge is 2.56. The number of likely N-dealkylation sites (tertiary alicyclic amines) is 1. The number of carbonyl (C=O) groups excluding carboxylic acids is 1. The molecule has 1 aromatic heterocycles. The first-order valence-corrected chi connectivity index (χ1v) is 11.7. The van der Waals surface area contributed by atoms with Crippen LogP contribution < -0.4 is 10.9 Å². The van der Waals surface area contributed by atoms with E-state index < -0.39 is 11.9 Å². The lowest BCUT2D eigenvalue weighted by Gasteiger charge is -2.31. The Labute approximate surface area is 187 Å². The summed E-state index contributed by atoms with van der Waals surface area (Å²) in [7, 11) is 0. The van der Waals surface area contributed by atoms with E-state index in [9.17, 15) is 19.1 Å². The van der Waals surface area contributed by atoms with Crippen molar-refractivity contribution < 1.29 is 14.3 Å². The van der Waals surface area contributed by atoms with Gasteiger partial charge in [-0.3, -0.25) is 14.5 Å². The molecule has 1 aliphatic carbocycles. The van der Waals surface area contributed by atoms with Crippen LogP contribution in [0.5, 0.6) is 0 Å². The molecule has 0 bridgehead atoms. The van der Waals surface area contributed by atoms with Gasteiger partial charge in [0.1, 0.15) is 5.82 Å². The maximum atomic E-state index is 14.4. The summed E-state index contributed by atoms with van der Waals surface area (Å²) >= 11 is 0. The average Bonchev–Trinajstić information content (AvgIpc) is 3.45. The highest BCUT2D eigenvalue weighted by atomic mass is 19.1.